The van der Waals surface area contributed by atoms with E-state index in [0.717, 1.165) is 18.4 Å². The molecule has 2 heteroatoms. The maximum atomic E-state index is 10.7. The molecular weight excluding hydrogens is 248 g/mol. The van der Waals surface area contributed by atoms with E-state index in [-0.39, 0.29) is 11.2 Å². The molecule has 3 rings (SSSR count). The molecule has 0 bridgehead atoms. The second-order valence-electron chi connectivity index (χ2n) is 5.77. The second kappa shape index (κ2) is 5.29. The number of phenolic OH excluding ortho intramolecular Hbond substituents is 1. The fraction of sp³-hybridized carbons (Fsp3) is 0.333. The first-order valence-electron chi connectivity index (χ1n) is 7.22. The molecule has 0 aromatic heterocycles. The molecule has 2 aromatic rings. The van der Waals surface area contributed by atoms with Gasteiger partial charge >= 0.3 is 0 Å². The maximum Gasteiger partial charge on any atom is 0.115 e. The summed E-state index contributed by atoms with van der Waals surface area (Å²) < 4.78 is 0. The van der Waals surface area contributed by atoms with Crippen LogP contribution in [0, 0.1) is 0 Å². The zero-order valence-corrected chi connectivity index (χ0v) is 11.5. The van der Waals surface area contributed by atoms with Crippen LogP contribution in [-0.4, -0.2) is 16.3 Å². The lowest BCUT2D eigenvalue weighted by Gasteiger charge is -2.46. The van der Waals surface area contributed by atoms with Crippen LogP contribution in [0.2, 0.25) is 0 Å². The van der Waals surface area contributed by atoms with Gasteiger partial charge in [-0.25, -0.2) is 0 Å². The van der Waals surface area contributed by atoms with E-state index in [1.165, 1.54) is 12.0 Å². The molecule has 1 atom stereocenters. The number of aliphatic hydroxyl groups excluding tert-OH is 1. The minimum absolute atomic E-state index is 0.104. The van der Waals surface area contributed by atoms with E-state index in [4.69, 9.17) is 0 Å². The van der Waals surface area contributed by atoms with Gasteiger partial charge in [-0.05, 0) is 42.5 Å². The van der Waals surface area contributed by atoms with Gasteiger partial charge in [-0.15, -0.1) is 0 Å². The fourth-order valence-electron chi connectivity index (χ4n) is 3.24. The first-order valence-corrected chi connectivity index (χ1v) is 7.22. The standard InChI is InChI=1S/C18H20O2/c19-16-9-4-6-14(12-16)13-17(20)18(10-5-11-18)15-7-2-1-3-8-15/h1-4,6-9,12,17,19-20H,5,10-11,13H2. The third-order valence-electron chi connectivity index (χ3n) is 4.57. The van der Waals surface area contributed by atoms with Crippen molar-refractivity contribution in [2.45, 2.75) is 37.2 Å². The molecule has 1 aliphatic carbocycles. The Balaban J connectivity index is 1.83. The van der Waals surface area contributed by atoms with Gasteiger partial charge in [-0.1, -0.05) is 48.9 Å². The van der Waals surface area contributed by atoms with Crippen molar-refractivity contribution in [3.8, 4) is 5.75 Å². The van der Waals surface area contributed by atoms with Gasteiger partial charge in [0.05, 0.1) is 6.10 Å². The molecule has 0 spiro atoms. The summed E-state index contributed by atoms with van der Waals surface area (Å²) in [7, 11) is 0. The van der Waals surface area contributed by atoms with Crippen LogP contribution in [0.3, 0.4) is 0 Å². The van der Waals surface area contributed by atoms with Crippen LogP contribution in [0.5, 0.6) is 5.75 Å². The van der Waals surface area contributed by atoms with Gasteiger partial charge in [0.2, 0.25) is 0 Å². The summed E-state index contributed by atoms with van der Waals surface area (Å²) in [6, 6.07) is 17.5. The van der Waals surface area contributed by atoms with E-state index < -0.39 is 6.10 Å². The van der Waals surface area contributed by atoms with Crippen LogP contribution < -0.4 is 0 Å². The van der Waals surface area contributed by atoms with Gasteiger partial charge in [-0.3, -0.25) is 0 Å². The molecular formula is C18H20O2. The fourth-order valence-corrected chi connectivity index (χ4v) is 3.24. The van der Waals surface area contributed by atoms with Crippen LogP contribution in [-0.2, 0) is 11.8 Å². The van der Waals surface area contributed by atoms with Crippen LogP contribution in [0.15, 0.2) is 54.6 Å². The van der Waals surface area contributed by atoms with E-state index in [0.29, 0.717) is 6.42 Å². The number of hydrogen-bond donors (Lipinski definition) is 2. The summed E-state index contributed by atoms with van der Waals surface area (Å²) >= 11 is 0. The smallest absolute Gasteiger partial charge is 0.115 e. The van der Waals surface area contributed by atoms with Crippen molar-refractivity contribution in [1.29, 1.82) is 0 Å². The average Bonchev–Trinajstić information content (AvgIpc) is 2.38. The third-order valence-corrected chi connectivity index (χ3v) is 4.57. The van der Waals surface area contributed by atoms with Gasteiger partial charge in [0.15, 0.2) is 0 Å². The highest BCUT2D eigenvalue weighted by Gasteiger charge is 2.44. The Morgan fingerprint density at radius 1 is 1.00 bits per heavy atom. The quantitative estimate of drug-likeness (QED) is 0.892. The Kier molecular flexibility index (Phi) is 3.49. The molecule has 1 fully saturated rings. The van der Waals surface area contributed by atoms with Crippen molar-refractivity contribution in [1.82, 2.24) is 0 Å². The summed E-state index contributed by atoms with van der Waals surface area (Å²) in [5, 5.41) is 20.3. The summed E-state index contributed by atoms with van der Waals surface area (Å²) in [4.78, 5) is 0. The minimum atomic E-state index is -0.402. The molecule has 0 saturated heterocycles. The molecule has 1 saturated carbocycles. The highest BCUT2D eigenvalue weighted by molar-refractivity contribution is 5.32. The molecule has 1 unspecified atom stereocenters. The highest BCUT2D eigenvalue weighted by atomic mass is 16.3. The normalized spacial score (nSPS) is 18.2. The number of hydrogen-bond acceptors (Lipinski definition) is 2. The van der Waals surface area contributed by atoms with Crippen LogP contribution in [0.25, 0.3) is 0 Å². The van der Waals surface area contributed by atoms with Crippen molar-refractivity contribution in [2.75, 3.05) is 0 Å². The zero-order chi connectivity index (χ0) is 14.0. The van der Waals surface area contributed by atoms with E-state index in [1.807, 2.05) is 30.3 Å². The van der Waals surface area contributed by atoms with E-state index in [2.05, 4.69) is 12.1 Å². The number of phenols is 1. The second-order valence-corrected chi connectivity index (χ2v) is 5.77. The Bertz CT molecular complexity index is 573. The summed E-state index contributed by atoms with van der Waals surface area (Å²) in [6.45, 7) is 0. The SMILES string of the molecule is Oc1cccc(CC(O)C2(c3ccccc3)CCC2)c1. The largest absolute Gasteiger partial charge is 0.508 e. The predicted molar refractivity (Wildman–Crippen MR) is 79.8 cm³/mol. The molecule has 2 nitrogen and oxygen atoms in total. The number of aliphatic hydroxyl groups is 1. The van der Waals surface area contributed by atoms with Gasteiger partial charge in [0.25, 0.3) is 0 Å². The molecule has 0 radical (unpaired) electrons. The van der Waals surface area contributed by atoms with Crippen LogP contribution in [0.4, 0.5) is 0 Å². The Morgan fingerprint density at radius 2 is 1.75 bits per heavy atom. The van der Waals surface area contributed by atoms with Crippen molar-refractivity contribution in [2.24, 2.45) is 0 Å². The maximum absolute atomic E-state index is 10.7. The van der Waals surface area contributed by atoms with E-state index >= 15 is 0 Å². The Labute approximate surface area is 119 Å². The lowest BCUT2D eigenvalue weighted by molar-refractivity contribution is 0.0285. The summed E-state index contributed by atoms with van der Waals surface area (Å²) in [5.74, 6) is 0.261. The van der Waals surface area contributed by atoms with Crippen molar-refractivity contribution < 1.29 is 10.2 Å². The average molecular weight is 268 g/mol. The molecule has 0 amide bonds. The molecule has 104 valence electrons. The number of aromatic hydroxyl groups is 1. The van der Waals surface area contributed by atoms with Crippen molar-refractivity contribution >= 4 is 0 Å². The van der Waals surface area contributed by atoms with E-state index in [1.54, 1.807) is 12.1 Å². The molecule has 20 heavy (non-hydrogen) atoms. The van der Waals surface area contributed by atoms with Gasteiger partial charge in [0.1, 0.15) is 5.75 Å². The van der Waals surface area contributed by atoms with Crippen molar-refractivity contribution in [3.63, 3.8) is 0 Å². The Hall–Kier alpha value is -1.80. The van der Waals surface area contributed by atoms with Crippen LogP contribution in [0.1, 0.15) is 30.4 Å². The molecule has 0 aliphatic heterocycles. The molecule has 0 heterocycles. The number of rotatable bonds is 4. The molecule has 2 aromatic carbocycles. The highest BCUT2D eigenvalue weighted by Crippen LogP contribution is 2.47. The molecule has 1 aliphatic rings. The van der Waals surface area contributed by atoms with E-state index in [9.17, 15) is 10.2 Å². The first kappa shape index (κ1) is 13.2. The zero-order valence-electron chi connectivity index (χ0n) is 11.5. The lowest BCUT2D eigenvalue weighted by atomic mass is 9.60. The van der Waals surface area contributed by atoms with Gasteiger partial charge in [-0.2, -0.15) is 0 Å². The third kappa shape index (κ3) is 2.32. The molecule has 2 N–H and O–H groups in total. The Morgan fingerprint density at radius 3 is 2.35 bits per heavy atom. The summed E-state index contributed by atoms with van der Waals surface area (Å²) in [6.07, 6.45) is 3.43. The predicted octanol–water partition coefficient (Wildman–Crippen LogP) is 3.42. The monoisotopic (exact) mass is 268 g/mol. The van der Waals surface area contributed by atoms with Gasteiger partial charge < -0.3 is 10.2 Å². The first-order chi connectivity index (χ1) is 9.71. The van der Waals surface area contributed by atoms with Crippen LogP contribution >= 0.6 is 0 Å². The van der Waals surface area contributed by atoms with Crippen molar-refractivity contribution in [3.05, 3.63) is 65.7 Å². The summed E-state index contributed by atoms with van der Waals surface area (Å²) in [5.41, 5.74) is 2.12. The minimum Gasteiger partial charge on any atom is -0.508 e. The topological polar surface area (TPSA) is 40.5 Å². The lowest BCUT2D eigenvalue weighted by Crippen LogP contribution is -2.46. The number of benzene rings is 2. The van der Waals surface area contributed by atoms with Gasteiger partial charge in [0, 0.05) is 5.41 Å².